The number of benzene rings is 2. The Morgan fingerprint density at radius 3 is 2.58 bits per heavy atom. The van der Waals surface area contributed by atoms with Gasteiger partial charge in [-0.25, -0.2) is 4.98 Å². The molecule has 1 aliphatic heterocycles. The van der Waals surface area contributed by atoms with Crippen molar-refractivity contribution in [1.82, 2.24) is 9.61 Å². The van der Waals surface area contributed by atoms with Crippen molar-refractivity contribution < 1.29 is 4.98 Å². The Balaban J connectivity index is 1.78. The van der Waals surface area contributed by atoms with Gasteiger partial charge in [0.25, 0.3) is 0 Å². The van der Waals surface area contributed by atoms with Crippen molar-refractivity contribution in [1.29, 1.82) is 0 Å². The van der Waals surface area contributed by atoms with E-state index < -0.39 is 0 Å². The minimum absolute atomic E-state index is 1.06. The van der Waals surface area contributed by atoms with Gasteiger partial charge in [-0.3, -0.25) is 0 Å². The highest BCUT2D eigenvalue weighted by molar-refractivity contribution is 5.96. The van der Waals surface area contributed by atoms with Gasteiger partial charge in [0.2, 0.25) is 5.52 Å². The van der Waals surface area contributed by atoms with Gasteiger partial charge in [0.15, 0.2) is 5.52 Å². The van der Waals surface area contributed by atoms with Crippen molar-refractivity contribution in [3.63, 3.8) is 0 Å². The summed E-state index contributed by atoms with van der Waals surface area (Å²) in [5, 5.41) is 7.28. The van der Waals surface area contributed by atoms with Crippen molar-refractivity contribution >= 4 is 33.1 Å². The van der Waals surface area contributed by atoms with Gasteiger partial charge in [-0.1, -0.05) is 27.8 Å². The number of nitrogens with one attached hydrogen (secondary N) is 1. The number of H-pyrrole nitrogens is 1. The first-order valence-electron chi connectivity index (χ1n) is 8.79. The average Bonchev–Trinajstić information content (AvgIpc) is 3.01. The number of hydrogen-bond acceptors (Lipinski definition) is 2. The number of aromatic nitrogens is 3. The molecule has 2 aromatic carbocycles. The second kappa shape index (κ2) is 5.20. The Morgan fingerprint density at radius 1 is 0.958 bits per heavy atom. The number of imidazole rings is 1. The summed E-state index contributed by atoms with van der Waals surface area (Å²) in [6, 6.07) is 15.2. The maximum absolute atomic E-state index is 4.85. The van der Waals surface area contributed by atoms with Crippen LogP contribution in [-0.2, 0) is 0 Å². The van der Waals surface area contributed by atoms with Crippen molar-refractivity contribution in [2.24, 2.45) is 0 Å². The summed E-state index contributed by atoms with van der Waals surface area (Å²) in [5.74, 6) is 0. The van der Waals surface area contributed by atoms with E-state index in [1.54, 1.807) is 0 Å². The van der Waals surface area contributed by atoms with E-state index in [0.717, 1.165) is 35.5 Å². The number of nitrogens with zero attached hydrogens (tertiary/aromatic N) is 3. The van der Waals surface area contributed by atoms with Crippen LogP contribution in [0.5, 0.6) is 0 Å². The Bertz CT molecular complexity index is 1060. The molecule has 24 heavy (non-hydrogen) atoms. The molecule has 4 heteroatoms. The van der Waals surface area contributed by atoms with Crippen molar-refractivity contribution in [2.45, 2.75) is 26.2 Å². The topological polar surface area (TPSA) is 34.7 Å². The van der Waals surface area contributed by atoms with Crippen LogP contribution in [0.25, 0.3) is 27.5 Å². The molecule has 0 aliphatic carbocycles. The summed E-state index contributed by atoms with van der Waals surface area (Å²) < 4.78 is 2.07. The summed E-state index contributed by atoms with van der Waals surface area (Å²) >= 11 is 0. The second-order valence-electron chi connectivity index (χ2n) is 6.77. The molecule has 2 aromatic heterocycles. The minimum Gasteiger partial charge on any atom is -0.371 e. The molecule has 120 valence electrons. The average molecular weight is 317 g/mol. The molecule has 1 saturated heterocycles. The lowest BCUT2D eigenvalue weighted by Crippen LogP contribution is -2.29. The normalized spacial score (nSPS) is 15.6. The van der Waals surface area contributed by atoms with Crippen LogP contribution in [0.3, 0.4) is 0 Å². The van der Waals surface area contributed by atoms with E-state index in [1.807, 2.05) is 0 Å². The molecule has 4 aromatic rings. The zero-order valence-corrected chi connectivity index (χ0v) is 13.9. The quantitative estimate of drug-likeness (QED) is 0.536. The van der Waals surface area contributed by atoms with Gasteiger partial charge in [0.05, 0.1) is 11.1 Å². The summed E-state index contributed by atoms with van der Waals surface area (Å²) in [5.41, 5.74) is 5.73. The second-order valence-corrected chi connectivity index (χ2v) is 6.77. The highest BCUT2D eigenvalue weighted by atomic mass is 15.3. The zero-order chi connectivity index (χ0) is 16.1. The Labute approximate surface area is 140 Å². The number of fused-ring (bicyclic) bond motifs is 5. The first kappa shape index (κ1) is 13.8. The Kier molecular flexibility index (Phi) is 2.98. The molecule has 0 radical (unpaired) electrons. The monoisotopic (exact) mass is 317 g/mol. The molecule has 1 fully saturated rings. The van der Waals surface area contributed by atoms with E-state index in [0.29, 0.717) is 0 Å². The van der Waals surface area contributed by atoms with E-state index in [4.69, 9.17) is 5.10 Å². The van der Waals surface area contributed by atoms with Gasteiger partial charge in [-0.15, -0.1) is 0 Å². The molecular formula is C20H21N4+. The first-order valence-corrected chi connectivity index (χ1v) is 8.79. The largest absolute Gasteiger partial charge is 0.371 e. The fourth-order valence-corrected chi connectivity index (χ4v) is 3.95. The summed E-state index contributed by atoms with van der Waals surface area (Å²) in [6.07, 6.45) is 3.94. The Hall–Kier alpha value is -2.62. The lowest BCUT2D eigenvalue weighted by molar-refractivity contribution is -0.310. The van der Waals surface area contributed by atoms with Crippen molar-refractivity contribution in [2.75, 3.05) is 18.0 Å². The van der Waals surface area contributed by atoms with E-state index in [9.17, 15) is 0 Å². The maximum atomic E-state index is 4.85. The standard InChI is InChI=1S/C20H20N4/c1-14-16-7-3-4-8-17(16)20-21-18-10-9-15(13-19(18)24(20)22-14)23-11-5-2-6-12-23/h3-4,7-10,13H,2,5-6,11-12H2,1H3/p+1. The van der Waals surface area contributed by atoms with E-state index in [-0.39, 0.29) is 0 Å². The Morgan fingerprint density at radius 2 is 1.75 bits per heavy atom. The van der Waals surface area contributed by atoms with Gasteiger partial charge < -0.3 is 4.90 Å². The van der Waals surface area contributed by atoms with Gasteiger partial charge in [-0.2, -0.15) is 0 Å². The fourth-order valence-electron chi connectivity index (χ4n) is 3.95. The molecule has 0 atom stereocenters. The molecule has 1 aliphatic rings. The SMILES string of the molecule is Cc1nn2c3cc(N4CCCCC4)ccc3[nH+]c2c2ccccc12. The van der Waals surface area contributed by atoms with Crippen molar-refractivity contribution in [3.05, 3.63) is 48.2 Å². The van der Waals surface area contributed by atoms with Gasteiger partial charge >= 0.3 is 5.65 Å². The number of rotatable bonds is 1. The minimum atomic E-state index is 1.06. The molecule has 5 rings (SSSR count). The third kappa shape index (κ3) is 1.99. The van der Waals surface area contributed by atoms with Gasteiger partial charge in [0, 0.05) is 30.2 Å². The smallest absolute Gasteiger partial charge is 0.313 e. The van der Waals surface area contributed by atoms with Crippen molar-refractivity contribution in [3.8, 4) is 0 Å². The van der Waals surface area contributed by atoms with Crippen LogP contribution in [0.1, 0.15) is 25.0 Å². The van der Waals surface area contributed by atoms with Gasteiger partial charge in [-0.05, 0) is 44.4 Å². The number of hydrogen-bond donors (Lipinski definition) is 0. The molecule has 0 amide bonds. The summed E-state index contributed by atoms with van der Waals surface area (Å²) in [6.45, 7) is 4.41. The van der Waals surface area contributed by atoms with Crippen LogP contribution >= 0.6 is 0 Å². The maximum Gasteiger partial charge on any atom is 0.313 e. The highest BCUT2D eigenvalue weighted by Gasteiger charge is 2.20. The van der Waals surface area contributed by atoms with Crippen LogP contribution in [0.2, 0.25) is 0 Å². The summed E-state index contributed by atoms with van der Waals surface area (Å²) in [4.78, 5) is 6.06. The van der Waals surface area contributed by atoms with Crippen LogP contribution in [0.15, 0.2) is 42.5 Å². The number of anilines is 1. The number of aryl methyl sites for hydroxylation is 1. The molecule has 0 spiro atoms. The van der Waals surface area contributed by atoms with Crippen LogP contribution in [0, 0.1) is 6.92 Å². The van der Waals surface area contributed by atoms with Crippen LogP contribution in [0.4, 0.5) is 5.69 Å². The van der Waals surface area contributed by atoms with Crippen LogP contribution < -0.4 is 9.88 Å². The predicted octanol–water partition coefficient (Wildman–Crippen LogP) is 3.75. The predicted molar refractivity (Wildman–Crippen MR) is 97.6 cm³/mol. The first-order chi connectivity index (χ1) is 11.8. The molecular weight excluding hydrogens is 296 g/mol. The van der Waals surface area contributed by atoms with Crippen LogP contribution in [-0.4, -0.2) is 22.7 Å². The molecule has 1 N–H and O–H groups in total. The van der Waals surface area contributed by atoms with Gasteiger partial charge in [0.1, 0.15) is 0 Å². The number of aromatic amines is 1. The molecule has 0 unspecified atom stereocenters. The fraction of sp³-hybridized carbons (Fsp3) is 0.300. The van der Waals surface area contributed by atoms with E-state index in [1.165, 1.54) is 35.7 Å². The highest BCUT2D eigenvalue weighted by Crippen LogP contribution is 2.26. The van der Waals surface area contributed by atoms with E-state index in [2.05, 4.69) is 63.8 Å². The lowest BCUT2D eigenvalue weighted by Gasteiger charge is -2.28. The number of piperidine rings is 1. The molecule has 0 bridgehead atoms. The molecule has 3 heterocycles. The molecule has 4 nitrogen and oxygen atoms in total. The third-order valence-corrected chi connectivity index (χ3v) is 5.22. The molecule has 0 saturated carbocycles. The zero-order valence-electron chi connectivity index (χ0n) is 13.9. The lowest BCUT2D eigenvalue weighted by atomic mass is 10.1. The summed E-state index contributed by atoms with van der Waals surface area (Å²) in [7, 11) is 0. The third-order valence-electron chi connectivity index (χ3n) is 5.22. The van der Waals surface area contributed by atoms with E-state index >= 15 is 0 Å².